The van der Waals surface area contributed by atoms with Gasteiger partial charge in [-0.15, -0.1) is 0 Å². The first-order chi connectivity index (χ1) is 15.5. The fourth-order valence-corrected chi connectivity index (χ4v) is 3.46. The molecule has 0 unspecified atom stereocenters. The van der Waals surface area contributed by atoms with Crippen LogP contribution in [-0.4, -0.2) is 49.4 Å². The summed E-state index contributed by atoms with van der Waals surface area (Å²) in [6.07, 6.45) is 3.36. The van der Waals surface area contributed by atoms with Crippen molar-refractivity contribution in [2.24, 2.45) is 0 Å². The van der Waals surface area contributed by atoms with Gasteiger partial charge in [0, 0.05) is 49.6 Å². The number of hydrogen-bond acceptors (Lipinski definition) is 6. The maximum Gasteiger partial charge on any atom is 0.163 e. The molecule has 4 rings (SSSR count). The number of methoxy groups -OCH3 is 2. The lowest BCUT2D eigenvalue weighted by Gasteiger charge is -2.21. The molecule has 0 spiro atoms. The van der Waals surface area contributed by atoms with E-state index in [9.17, 15) is 8.78 Å². The predicted molar refractivity (Wildman–Crippen MR) is 120 cm³/mol. The Morgan fingerprint density at radius 2 is 1.84 bits per heavy atom. The third kappa shape index (κ3) is 4.22. The number of aromatic nitrogens is 3. The van der Waals surface area contributed by atoms with Crippen molar-refractivity contribution in [3.63, 3.8) is 0 Å². The first-order valence-corrected chi connectivity index (χ1v) is 9.97. The first-order valence-electron chi connectivity index (χ1n) is 9.97. The number of fused-ring (bicyclic) bond motifs is 1. The van der Waals surface area contributed by atoms with Gasteiger partial charge in [0.15, 0.2) is 5.82 Å². The van der Waals surface area contributed by atoms with Gasteiger partial charge in [0.05, 0.1) is 13.7 Å². The van der Waals surface area contributed by atoms with Crippen LogP contribution in [0.5, 0.6) is 5.75 Å². The van der Waals surface area contributed by atoms with E-state index in [1.165, 1.54) is 7.11 Å². The molecule has 0 aliphatic rings. The SMILES string of the molecule is COCCN(C)c1nc(-c2cccnc2)nc2c(OC)cc(-c3cc(F)ccc3F)cc12. The Morgan fingerprint density at radius 3 is 2.56 bits per heavy atom. The molecule has 6 nitrogen and oxygen atoms in total. The number of likely N-dealkylation sites (N-methyl/N-ethyl adjacent to an activating group) is 1. The van der Waals surface area contributed by atoms with Gasteiger partial charge in [-0.1, -0.05) is 0 Å². The van der Waals surface area contributed by atoms with Crippen LogP contribution >= 0.6 is 0 Å². The second-order valence-electron chi connectivity index (χ2n) is 7.23. The first kappa shape index (κ1) is 21.6. The Hall–Kier alpha value is -3.65. The molecule has 32 heavy (non-hydrogen) atoms. The van der Waals surface area contributed by atoms with E-state index in [0.717, 1.165) is 23.8 Å². The molecule has 0 amide bonds. The molecule has 0 N–H and O–H groups in total. The maximum absolute atomic E-state index is 14.5. The largest absolute Gasteiger partial charge is 0.494 e. The summed E-state index contributed by atoms with van der Waals surface area (Å²) in [5, 5.41) is 0.647. The lowest BCUT2D eigenvalue weighted by molar-refractivity contribution is 0.206. The molecule has 8 heteroatoms. The summed E-state index contributed by atoms with van der Waals surface area (Å²) in [6.45, 7) is 1.05. The maximum atomic E-state index is 14.5. The van der Waals surface area contributed by atoms with Gasteiger partial charge in [-0.25, -0.2) is 18.7 Å². The van der Waals surface area contributed by atoms with E-state index < -0.39 is 11.6 Å². The topological polar surface area (TPSA) is 60.4 Å². The Kier molecular flexibility index (Phi) is 6.23. The molecule has 0 saturated carbocycles. The van der Waals surface area contributed by atoms with Crippen molar-refractivity contribution in [2.45, 2.75) is 0 Å². The fraction of sp³-hybridized carbons (Fsp3) is 0.208. The van der Waals surface area contributed by atoms with Crippen molar-refractivity contribution >= 4 is 16.7 Å². The Labute approximate surface area is 184 Å². The molecule has 2 heterocycles. The van der Waals surface area contributed by atoms with Crippen LogP contribution in [0.4, 0.5) is 14.6 Å². The molecule has 0 fully saturated rings. The number of pyridine rings is 1. The third-order valence-electron chi connectivity index (χ3n) is 5.12. The van der Waals surface area contributed by atoms with Crippen molar-refractivity contribution in [1.29, 1.82) is 0 Å². The molecule has 4 aromatic rings. The van der Waals surface area contributed by atoms with Crippen molar-refractivity contribution < 1.29 is 18.3 Å². The molecule has 164 valence electrons. The quantitative estimate of drug-likeness (QED) is 0.418. The van der Waals surface area contributed by atoms with Gasteiger partial charge in [-0.3, -0.25) is 4.98 Å². The van der Waals surface area contributed by atoms with Crippen LogP contribution in [0, 0.1) is 11.6 Å². The summed E-state index contributed by atoms with van der Waals surface area (Å²) in [6, 6.07) is 10.4. The summed E-state index contributed by atoms with van der Waals surface area (Å²) in [5.74, 6) is 0.460. The van der Waals surface area contributed by atoms with Crippen LogP contribution in [0.15, 0.2) is 54.9 Å². The Balaban J connectivity index is 1.99. The lowest BCUT2D eigenvalue weighted by Crippen LogP contribution is -2.23. The van der Waals surface area contributed by atoms with Gasteiger partial charge < -0.3 is 14.4 Å². The van der Waals surface area contributed by atoms with E-state index in [4.69, 9.17) is 19.4 Å². The average molecular weight is 436 g/mol. The van der Waals surface area contributed by atoms with Crippen molar-refractivity contribution in [3.05, 3.63) is 66.5 Å². The fourth-order valence-electron chi connectivity index (χ4n) is 3.46. The minimum Gasteiger partial charge on any atom is -0.494 e. The van der Waals surface area contributed by atoms with Crippen LogP contribution in [0.3, 0.4) is 0 Å². The van der Waals surface area contributed by atoms with Gasteiger partial charge in [0.25, 0.3) is 0 Å². The van der Waals surface area contributed by atoms with E-state index in [2.05, 4.69) is 4.98 Å². The van der Waals surface area contributed by atoms with Gasteiger partial charge in [0.2, 0.25) is 0 Å². The summed E-state index contributed by atoms with van der Waals surface area (Å²) in [5.41, 5.74) is 1.90. The summed E-state index contributed by atoms with van der Waals surface area (Å²) in [4.78, 5) is 15.6. The van der Waals surface area contributed by atoms with E-state index in [0.29, 0.717) is 47.0 Å². The zero-order valence-corrected chi connectivity index (χ0v) is 18.0. The van der Waals surface area contributed by atoms with E-state index >= 15 is 0 Å². The predicted octanol–water partition coefficient (Wildman–Crippen LogP) is 4.73. The average Bonchev–Trinajstić information content (AvgIpc) is 2.83. The molecule has 2 aromatic carbocycles. The van der Waals surface area contributed by atoms with Crippen molar-refractivity contribution in [2.75, 3.05) is 39.3 Å². The molecule has 0 aliphatic heterocycles. The van der Waals surface area contributed by atoms with Crippen LogP contribution in [0.2, 0.25) is 0 Å². The molecule has 2 aromatic heterocycles. The molecule has 0 bridgehead atoms. The molecular weight excluding hydrogens is 414 g/mol. The minimum absolute atomic E-state index is 0.132. The number of hydrogen-bond donors (Lipinski definition) is 0. The highest BCUT2D eigenvalue weighted by atomic mass is 19.1. The van der Waals surface area contributed by atoms with Crippen LogP contribution in [0.25, 0.3) is 33.4 Å². The van der Waals surface area contributed by atoms with Crippen molar-refractivity contribution in [1.82, 2.24) is 15.0 Å². The van der Waals surface area contributed by atoms with Crippen LogP contribution in [-0.2, 0) is 4.74 Å². The number of benzene rings is 2. The van der Waals surface area contributed by atoms with Gasteiger partial charge in [0.1, 0.15) is 28.7 Å². The molecule has 0 atom stereocenters. The van der Waals surface area contributed by atoms with Gasteiger partial charge in [-0.05, 0) is 48.0 Å². The summed E-state index contributed by atoms with van der Waals surface area (Å²) < 4.78 is 39.2. The normalized spacial score (nSPS) is 11.0. The molecule has 0 saturated heterocycles. The van der Waals surface area contributed by atoms with E-state index in [1.807, 2.05) is 24.1 Å². The molecule has 0 radical (unpaired) electrons. The van der Waals surface area contributed by atoms with Gasteiger partial charge >= 0.3 is 0 Å². The highest BCUT2D eigenvalue weighted by Crippen LogP contribution is 2.37. The highest BCUT2D eigenvalue weighted by molar-refractivity contribution is 5.98. The smallest absolute Gasteiger partial charge is 0.163 e. The van der Waals surface area contributed by atoms with Crippen molar-refractivity contribution in [3.8, 4) is 28.3 Å². The summed E-state index contributed by atoms with van der Waals surface area (Å²) in [7, 11) is 5.03. The van der Waals surface area contributed by atoms with Crippen LogP contribution in [0.1, 0.15) is 0 Å². The second-order valence-corrected chi connectivity index (χ2v) is 7.23. The number of ether oxygens (including phenoxy) is 2. The number of anilines is 1. The number of nitrogens with zero attached hydrogens (tertiary/aromatic N) is 4. The highest BCUT2D eigenvalue weighted by Gasteiger charge is 2.19. The Morgan fingerprint density at radius 1 is 1.00 bits per heavy atom. The molecular formula is C24H22F2N4O2. The zero-order chi connectivity index (χ0) is 22.7. The number of rotatable bonds is 7. The zero-order valence-electron chi connectivity index (χ0n) is 18.0. The molecule has 0 aliphatic carbocycles. The third-order valence-corrected chi connectivity index (χ3v) is 5.12. The lowest BCUT2D eigenvalue weighted by atomic mass is 10.0. The standard InChI is InChI=1S/C24H22F2N4O2/c1-30(9-10-31-2)24-19-11-16(18-13-17(25)6-7-20(18)26)12-21(32-3)22(19)28-23(29-24)15-5-4-8-27-14-15/h4-8,11-14H,9-10H2,1-3H3. The monoisotopic (exact) mass is 436 g/mol. The van der Waals surface area contributed by atoms with Gasteiger partial charge in [-0.2, -0.15) is 0 Å². The Bertz CT molecular complexity index is 1250. The number of halogens is 2. The van der Waals surface area contributed by atoms with E-state index in [-0.39, 0.29) is 5.56 Å². The second kappa shape index (κ2) is 9.23. The summed E-state index contributed by atoms with van der Waals surface area (Å²) >= 11 is 0. The van der Waals surface area contributed by atoms with E-state index in [1.54, 1.807) is 31.6 Å². The minimum atomic E-state index is -0.532. The van der Waals surface area contributed by atoms with Crippen LogP contribution < -0.4 is 9.64 Å².